The summed E-state index contributed by atoms with van der Waals surface area (Å²) in [6, 6.07) is 8.14. The number of likely N-dealkylation sites (N-methyl/N-ethyl adjacent to an activating group) is 1. The fourth-order valence-electron chi connectivity index (χ4n) is 3.23. The number of nitrogens with two attached hydrogens (primary N) is 1. The summed E-state index contributed by atoms with van der Waals surface area (Å²) in [7, 11) is 3.73. The smallest absolute Gasteiger partial charge is 0.119 e. The standard InChI is InChI=1S/C16H26N2O2/c1-18(15-8-4-6-13(15)10-17)11-16(19)12-5-3-7-14(9-12)20-2/h3,5,7,9,13,15-16,19H,4,6,8,10-11,17H2,1-2H3. The summed E-state index contributed by atoms with van der Waals surface area (Å²) < 4.78 is 5.20. The first kappa shape index (κ1) is 15.3. The van der Waals surface area contributed by atoms with Crippen molar-refractivity contribution in [3.8, 4) is 5.75 Å². The zero-order valence-electron chi connectivity index (χ0n) is 12.5. The lowest BCUT2D eigenvalue weighted by atomic mass is 10.0. The second-order valence-electron chi connectivity index (χ2n) is 5.73. The highest BCUT2D eigenvalue weighted by Gasteiger charge is 2.30. The highest BCUT2D eigenvalue weighted by molar-refractivity contribution is 5.29. The van der Waals surface area contributed by atoms with E-state index in [1.165, 1.54) is 19.3 Å². The van der Waals surface area contributed by atoms with E-state index in [0.29, 0.717) is 18.5 Å². The van der Waals surface area contributed by atoms with Crippen LogP contribution < -0.4 is 10.5 Å². The van der Waals surface area contributed by atoms with Crippen LogP contribution in [0.5, 0.6) is 5.75 Å². The van der Waals surface area contributed by atoms with E-state index in [9.17, 15) is 5.11 Å². The lowest BCUT2D eigenvalue weighted by Gasteiger charge is -2.30. The Balaban J connectivity index is 1.97. The molecular weight excluding hydrogens is 252 g/mol. The summed E-state index contributed by atoms with van der Waals surface area (Å²) >= 11 is 0. The Kier molecular flexibility index (Phi) is 5.40. The molecule has 4 heteroatoms. The van der Waals surface area contributed by atoms with Crippen molar-refractivity contribution in [3.05, 3.63) is 29.8 Å². The van der Waals surface area contributed by atoms with Crippen LogP contribution in [0.4, 0.5) is 0 Å². The summed E-state index contributed by atoms with van der Waals surface area (Å²) in [4.78, 5) is 2.26. The van der Waals surface area contributed by atoms with Gasteiger partial charge < -0.3 is 20.5 Å². The number of benzene rings is 1. The average molecular weight is 278 g/mol. The second-order valence-corrected chi connectivity index (χ2v) is 5.73. The molecule has 1 aliphatic rings. The molecule has 3 N–H and O–H groups in total. The first-order chi connectivity index (χ1) is 9.65. The number of nitrogens with zero attached hydrogens (tertiary/aromatic N) is 1. The summed E-state index contributed by atoms with van der Waals surface area (Å²) in [6.07, 6.45) is 3.14. The molecule has 4 nitrogen and oxygen atoms in total. The highest BCUT2D eigenvalue weighted by atomic mass is 16.5. The minimum Gasteiger partial charge on any atom is -0.497 e. The van der Waals surface area contributed by atoms with Crippen LogP contribution in [0.25, 0.3) is 0 Å². The Hall–Kier alpha value is -1.10. The van der Waals surface area contributed by atoms with E-state index in [4.69, 9.17) is 10.5 Å². The van der Waals surface area contributed by atoms with Crippen molar-refractivity contribution in [1.29, 1.82) is 0 Å². The summed E-state index contributed by atoms with van der Waals surface area (Å²) in [5, 5.41) is 10.4. The van der Waals surface area contributed by atoms with Crippen molar-refractivity contribution in [2.45, 2.75) is 31.4 Å². The van der Waals surface area contributed by atoms with Crippen LogP contribution in [-0.2, 0) is 0 Å². The number of hydrogen-bond acceptors (Lipinski definition) is 4. The van der Waals surface area contributed by atoms with Gasteiger partial charge in [0, 0.05) is 12.6 Å². The first-order valence-corrected chi connectivity index (χ1v) is 7.38. The van der Waals surface area contributed by atoms with Gasteiger partial charge in [0.25, 0.3) is 0 Å². The van der Waals surface area contributed by atoms with Gasteiger partial charge in [0.05, 0.1) is 13.2 Å². The molecule has 1 aromatic carbocycles. The van der Waals surface area contributed by atoms with E-state index in [-0.39, 0.29) is 0 Å². The van der Waals surface area contributed by atoms with Gasteiger partial charge in [0.1, 0.15) is 5.75 Å². The van der Waals surface area contributed by atoms with Crippen LogP contribution in [0.15, 0.2) is 24.3 Å². The minimum absolute atomic E-state index is 0.492. The summed E-state index contributed by atoms with van der Waals surface area (Å²) in [6.45, 7) is 1.37. The number of rotatable bonds is 6. The Morgan fingerprint density at radius 1 is 1.45 bits per heavy atom. The third-order valence-electron chi connectivity index (χ3n) is 4.43. The Morgan fingerprint density at radius 3 is 2.95 bits per heavy atom. The van der Waals surface area contributed by atoms with Crippen LogP contribution in [0.3, 0.4) is 0 Å². The maximum atomic E-state index is 10.4. The quantitative estimate of drug-likeness (QED) is 0.833. The third kappa shape index (κ3) is 3.51. The molecule has 112 valence electrons. The van der Waals surface area contributed by atoms with Crippen molar-refractivity contribution in [2.75, 3.05) is 27.2 Å². The largest absolute Gasteiger partial charge is 0.497 e. The van der Waals surface area contributed by atoms with E-state index in [1.54, 1.807) is 7.11 Å². The molecule has 0 aromatic heterocycles. The van der Waals surface area contributed by atoms with Gasteiger partial charge in [-0.15, -0.1) is 0 Å². The van der Waals surface area contributed by atoms with Crippen LogP contribution in [-0.4, -0.2) is 43.3 Å². The topological polar surface area (TPSA) is 58.7 Å². The SMILES string of the molecule is COc1cccc(C(O)CN(C)C2CCCC2CN)c1. The van der Waals surface area contributed by atoms with Crippen LogP contribution >= 0.6 is 0 Å². The maximum Gasteiger partial charge on any atom is 0.119 e. The second kappa shape index (κ2) is 7.07. The normalized spacial score (nSPS) is 24.1. The lowest BCUT2D eigenvalue weighted by Crippen LogP contribution is -2.39. The predicted octanol–water partition coefficient (Wildman–Crippen LogP) is 1.79. The minimum atomic E-state index is -0.492. The van der Waals surface area contributed by atoms with Gasteiger partial charge in [0.15, 0.2) is 0 Å². The molecule has 0 bridgehead atoms. The van der Waals surface area contributed by atoms with Gasteiger partial charge in [-0.3, -0.25) is 0 Å². The molecule has 0 radical (unpaired) electrons. The van der Waals surface area contributed by atoms with Gasteiger partial charge in [-0.25, -0.2) is 0 Å². The fourth-order valence-corrected chi connectivity index (χ4v) is 3.23. The Labute approximate surface area is 121 Å². The monoisotopic (exact) mass is 278 g/mol. The highest BCUT2D eigenvalue weighted by Crippen LogP contribution is 2.30. The average Bonchev–Trinajstić information content (AvgIpc) is 2.95. The van der Waals surface area contributed by atoms with Gasteiger partial charge in [-0.1, -0.05) is 18.6 Å². The zero-order valence-corrected chi connectivity index (χ0v) is 12.5. The first-order valence-electron chi connectivity index (χ1n) is 7.38. The van der Waals surface area contributed by atoms with Crippen molar-refractivity contribution in [3.63, 3.8) is 0 Å². The summed E-state index contributed by atoms with van der Waals surface area (Å²) in [5.41, 5.74) is 6.74. The van der Waals surface area contributed by atoms with Gasteiger partial charge in [-0.2, -0.15) is 0 Å². The molecule has 20 heavy (non-hydrogen) atoms. The molecule has 1 aromatic rings. The molecule has 0 heterocycles. The van der Waals surface area contributed by atoms with E-state index in [0.717, 1.165) is 17.9 Å². The number of methoxy groups -OCH3 is 1. The molecule has 2 rings (SSSR count). The van der Waals surface area contributed by atoms with Crippen molar-refractivity contribution >= 4 is 0 Å². The van der Waals surface area contributed by atoms with E-state index < -0.39 is 6.10 Å². The molecule has 0 aliphatic heterocycles. The Morgan fingerprint density at radius 2 is 2.25 bits per heavy atom. The number of hydrogen-bond donors (Lipinski definition) is 2. The maximum absolute atomic E-state index is 10.4. The molecule has 3 atom stereocenters. The third-order valence-corrected chi connectivity index (χ3v) is 4.43. The van der Waals surface area contributed by atoms with Crippen LogP contribution in [0.2, 0.25) is 0 Å². The lowest BCUT2D eigenvalue weighted by molar-refractivity contribution is 0.0928. The van der Waals surface area contributed by atoms with Crippen molar-refractivity contribution < 1.29 is 9.84 Å². The van der Waals surface area contributed by atoms with E-state index in [1.807, 2.05) is 24.3 Å². The van der Waals surface area contributed by atoms with Gasteiger partial charge >= 0.3 is 0 Å². The molecule has 1 aliphatic carbocycles. The summed E-state index contributed by atoms with van der Waals surface area (Å²) in [5.74, 6) is 1.35. The molecule has 0 spiro atoms. The van der Waals surface area contributed by atoms with E-state index in [2.05, 4.69) is 11.9 Å². The molecule has 1 saturated carbocycles. The van der Waals surface area contributed by atoms with E-state index >= 15 is 0 Å². The van der Waals surface area contributed by atoms with Crippen molar-refractivity contribution in [2.24, 2.45) is 11.7 Å². The number of ether oxygens (including phenoxy) is 1. The fraction of sp³-hybridized carbons (Fsp3) is 0.625. The zero-order chi connectivity index (χ0) is 14.5. The van der Waals surface area contributed by atoms with Gasteiger partial charge in [-0.05, 0) is 50.0 Å². The number of aliphatic hydroxyl groups is 1. The van der Waals surface area contributed by atoms with Crippen molar-refractivity contribution in [1.82, 2.24) is 4.90 Å². The molecule has 0 amide bonds. The Bertz CT molecular complexity index is 425. The molecule has 1 fully saturated rings. The van der Waals surface area contributed by atoms with Crippen LogP contribution in [0, 0.1) is 5.92 Å². The van der Waals surface area contributed by atoms with Crippen LogP contribution in [0.1, 0.15) is 30.9 Å². The molecular formula is C16H26N2O2. The molecule has 0 saturated heterocycles. The van der Waals surface area contributed by atoms with Gasteiger partial charge in [0.2, 0.25) is 0 Å². The predicted molar refractivity (Wildman–Crippen MR) is 80.8 cm³/mol. The molecule has 3 unspecified atom stereocenters. The number of aliphatic hydroxyl groups excluding tert-OH is 1.